The molecule has 0 radical (unpaired) electrons. The molecule has 8 heteroatoms. The number of esters is 1. The molecule has 1 saturated carbocycles. The van der Waals surface area contributed by atoms with Crippen LogP contribution in [0.5, 0.6) is 0 Å². The molecule has 30 heavy (non-hydrogen) atoms. The first-order valence-corrected chi connectivity index (χ1v) is 11.1. The molecular formula is C22H31N3O4S. The summed E-state index contributed by atoms with van der Waals surface area (Å²) in [6.45, 7) is 6.06. The minimum Gasteiger partial charge on any atom is -0.460 e. The molecular weight excluding hydrogens is 402 g/mol. The summed E-state index contributed by atoms with van der Waals surface area (Å²) in [6, 6.07) is 5.69. The number of pyridine rings is 1. The number of hydrogen-bond acceptors (Lipinski definition) is 7. The molecule has 0 unspecified atom stereocenters. The minimum absolute atomic E-state index is 0.206. The van der Waals surface area contributed by atoms with E-state index in [1.165, 1.54) is 11.3 Å². The third kappa shape index (κ3) is 5.77. The van der Waals surface area contributed by atoms with Crippen molar-refractivity contribution >= 4 is 23.1 Å². The molecule has 0 spiro atoms. The number of rotatable bonds is 6. The van der Waals surface area contributed by atoms with E-state index >= 15 is 0 Å². The van der Waals surface area contributed by atoms with E-state index in [0.717, 1.165) is 10.5 Å². The molecule has 0 saturated heterocycles. The van der Waals surface area contributed by atoms with E-state index < -0.39 is 11.0 Å². The number of carbonyl (C=O) groups excluding carboxylic acids is 1. The predicted molar refractivity (Wildman–Crippen MR) is 115 cm³/mol. The quantitative estimate of drug-likeness (QED) is 0.704. The van der Waals surface area contributed by atoms with Crippen molar-refractivity contribution in [3.63, 3.8) is 0 Å². The maximum Gasteiger partial charge on any atom is 0.312 e. The SMILES string of the molecule is COCn1ccs/c1=N\c1cccc(CC2(C(=O)OC(C)(C)C)CCC(O)CC2)n1. The third-order valence-corrected chi connectivity index (χ3v) is 5.99. The highest BCUT2D eigenvalue weighted by Gasteiger charge is 2.44. The number of ether oxygens (including phenoxy) is 2. The lowest BCUT2D eigenvalue weighted by Crippen LogP contribution is -2.43. The Labute approximate surface area is 181 Å². The lowest BCUT2D eigenvalue weighted by molar-refractivity contribution is -0.171. The summed E-state index contributed by atoms with van der Waals surface area (Å²) in [7, 11) is 1.64. The number of methoxy groups -OCH3 is 1. The fourth-order valence-electron chi connectivity index (χ4n) is 3.69. The van der Waals surface area contributed by atoms with Crippen LogP contribution in [0.2, 0.25) is 0 Å². The van der Waals surface area contributed by atoms with Gasteiger partial charge in [0.05, 0.1) is 11.5 Å². The zero-order chi connectivity index (χ0) is 21.8. The minimum atomic E-state index is -0.670. The van der Waals surface area contributed by atoms with Gasteiger partial charge in [0.25, 0.3) is 0 Å². The molecule has 2 heterocycles. The molecule has 0 aliphatic heterocycles. The zero-order valence-electron chi connectivity index (χ0n) is 18.1. The molecule has 164 valence electrons. The number of hydrogen-bond donors (Lipinski definition) is 1. The van der Waals surface area contributed by atoms with Gasteiger partial charge in [-0.1, -0.05) is 6.07 Å². The van der Waals surface area contributed by atoms with Crippen molar-refractivity contribution in [2.75, 3.05) is 7.11 Å². The molecule has 2 aromatic heterocycles. The largest absolute Gasteiger partial charge is 0.460 e. The average Bonchev–Trinajstić information content (AvgIpc) is 3.10. The standard InChI is InChI=1S/C22H31N3O4S/c1-21(2,3)29-19(27)22(10-8-17(26)9-11-22)14-16-6-5-7-18(23-16)24-20-25(15-28-4)12-13-30-20/h5-7,12-13,17,26H,8-11,14-15H2,1-4H3/b24-20-. The topological polar surface area (TPSA) is 85.9 Å². The first-order valence-electron chi connectivity index (χ1n) is 10.3. The lowest BCUT2D eigenvalue weighted by atomic mass is 9.70. The van der Waals surface area contributed by atoms with Crippen LogP contribution < -0.4 is 4.80 Å². The van der Waals surface area contributed by atoms with Crippen LogP contribution >= 0.6 is 11.3 Å². The molecule has 2 aromatic rings. The molecule has 1 N–H and O–H groups in total. The van der Waals surface area contributed by atoms with Gasteiger partial charge in [0.1, 0.15) is 12.3 Å². The monoisotopic (exact) mass is 433 g/mol. The van der Waals surface area contributed by atoms with E-state index in [1.807, 2.05) is 55.1 Å². The van der Waals surface area contributed by atoms with Gasteiger partial charge >= 0.3 is 5.97 Å². The predicted octanol–water partition coefficient (Wildman–Crippen LogP) is 3.59. The second kappa shape index (κ2) is 9.41. The summed E-state index contributed by atoms with van der Waals surface area (Å²) in [5, 5.41) is 11.9. The van der Waals surface area contributed by atoms with Crippen LogP contribution in [0, 0.1) is 5.41 Å². The number of thiazole rings is 1. The molecule has 0 atom stereocenters. The molecule has 1 fully saturated rings. The zero-order valence-corrected chi connectivity index (χ0v) is 18.9. The highest BCUT2D eigenvalue weighted by Crippen LogP contribution is 2.41. The molecule has 3 rings (SSSR count). The van der Waals surface area contributed by atoms with Gasteiger partial charge in [-0.05, 0) is 58.6 Å². The molecule has 1 aliphatic carbocycles. The van der Waals surface area contributed by atoms with Crippen LogP contribution in [0.3, 0.4) is 0 Å². The van der Waals surface area contributed by atoms with Gasteiger partial charge in [0, 0.05) is 30.8 Å². The van der Waals surface area contributed by atoms with Crippen LogP contribution in [0.25, 0.3) is 0 Å². The van der Waals surface area contributed by atoms with E-state index in [4.69, 9.17) is 14.5 Å². The van der Waals surface area contributed by atoms with Gasteiger partial charge < -0.3 is 14.6 Å². The number of aromatic nitrogens is 2. The van der Waals surface area contributed by atoms with Gasteiger partial charge in [-0.15, -0.1) is 11.3 Å². The Kier molecular flexibility index (Phi) is 7.10. The highest BCUT2D eigenvalue weighted by atomic mass is 32.1. The summed E-state index contributed by atoms with van der Waals surface area (Å²) in [6.07, 6.45) is 4.40. The van der Waals surface area contributed by atoms with Crippen LogP contribution in [0.1, 0.15) is 52.1 Å². The van der Waals surface area contributed by atoms with Crippen molar-refractivity contribution in [2.24, 2.45) is 10.4 Å². The summed E-state index contributed by atoms with van der Waals surface area (Å²) in [4.78, 5) is 23.3. The van der Waals surface area contributed by atoms with E-state index in [-0.39, 0.29) is 12.1 Å². The molecule has 0 aromatic carbocycles. The van der Waals surface area contributed by atoms with Gasteiger partial charge in [0.15, 0.2) is 10.6 Å². The number of nitrogens with zero attached hydrogens (tertiary/aromatic N) is 3. The summed E-state index contributed by atoms with van der Waals surface area (Å²) in [5.41, 5.74) is -0.427. The molecule has 0 amide bonds. The van der Waals surface area contributed by atoms with Gasteiger partial charge in [-0.2, -0.15) is 0 Å². The van der Waals surface area contributed by atoms with E-state index in [9.17, 15) is 9.90 Å². The van der Waals surface area contributed by atoms with E-state index in [2.05, 4.69) is 4.99 Å². The normalized spacial score (nSPS) is 22.8. The molecule has 7 nitrogen and oxygen atoms in total. The van der Waals surface area contributed by atoms with Crippen molar-refractivity contribution < 1.29 is 19.4 Å². The summed E-state index contributed by atoms with van der Waals surface area (Å²) in [5.74, 6) is 0.386. The van der Waals surface area contributed by atoms with Gasteiger partial charge in [0.2, 0.25) is 0 Å². The summed E-state index contributed by atoms with van der Waals surface area (Å²) >= 11 is 1.51. The summed E-state index contributed by atoms with van der Waals surface area (Å²) < 4.78 is 12.9. The fourth-order valence-corrected chi connectivity index (χ4v) is 4.42. The first-order chi connectivity index (χ1) is 14.2. The third-order valence-electron chi connectivity index (χ3n) is 5.19. The van der Waals surface area contributed by atoms with Crippen LogP contribution in [0.15, 0.2) is 34.8 Å². The average molecular weight is 434 g/mol. The Morgan fingerprint density at radius 2 is 2.10 bits per heavy atom. The number of aliphatic hydroxyl groups excluding tert-OH is 1. The van der Waals surface area contributed by atoms with Crippen molar-refractivity contribution in [2.45, 2.75) is 71.3 Å². The Balaban J connectivity index is 1.87. The van der Waals surface area contributed by atoms with Crippen molar-refractivity contribution in [1.29, 1.82) is 0 Å². The Hall–Kier alpha value is -2.03. The van der Waals surface area contributed by atoms with Crippen LogP contribution in [-0.2, 0) is 27.4 Å². The molecule has 0 bridgehead atoms. The Morgan fingerprint density at radius 3 is 2.77 bits per heavy atom. The second-order valence-electron chi connectivity index (χ2n) is 8.86. The van der Waals surface area contributed by atoms with Gasteiger partial charge in [-0.3, -0.25) is 9.36 Å². The van der Waals surface area contributed by atoms with Crippen molar-refractivity contribution in [1.82, 2.24) is 9.55 Å². The maximum absolute atomic E-state index is 13.1. The van der Waals surface area contributed by atoms with E-state index in [1.54, 1.807) is 7.11 Å². The highest BCUT2D eigenvalue weighted by molar-refractivity contribution is 7.07. The van der Waals surface area contributed by atoms with E-state index in [0.29, 0.717) is 44.7 Å². The fraction of sp³-hybridized carbons (Fsp3) is 0.591. The number of carbonyl (C=O) groups is 1. The first kappa shape index (κ1) is 22.7. The Bertz CT molecular complexity index is 921. The number of aliphatic hydroxyl groups is 1. The lowest BCUT2D eigenvalue weighted by Gasteiger charge is -2.38. The molecule has 1 aliphatic rings. The second-order valence-corrected chi connectivity index (χ2v) is 9.74. The maximum atomic E-state index is 13.1. The van der Waals surface area contributed by atoms with Crippen LogP contribution in [0.4, 0.5) is 5.82 Å². The van der Waals surface area contributed by atoms with Crippen molar-refractivity contribution in [3.05, 3.63) is 40.3 Å². The van der Waals surface area contributed by atoms with Crippen LogP contribution in [-0.4, -0.2) is 39.4 Å². The van der Waals surface area contributed by atoms with Gasteiger partial charge in [-0.25, -0.2) is 9.98 Å². The smallest absolute Gasteiger partial charge is 0.312 e. The Morgan fingerprint density at radius 1 is 1.37 bits per heavy atom. The van der Waals surface area contributed by atoms with Crippen molar-refractivity contribution in [3.8, 4) is 0 Å².